The van der Waals surface area contributed by atoms with Crippen LogP contribution in [0.15, 0.2) is 66.2 Å². The van der Waals surface area contributed by atoms with Crippen molar-refractivity contribution in [2.24, 2.45) is 0 Å². The SMILES string of the molecule is COc1ccc(CN(Cc2ccc3c(c2)OCO3)Cc2nc(C(=O)NCCc3ccccn3)cs2)c(OC)c1. The zero-order valence-corrected chi connectivity index (χ0v) is 22.7. The summed E-state index contributed by atoms with van der Waals surface area (Å²) in [6.45, 7) is 2.52. The number of nitrogens with zero attached hydrogens (tertiary/aromatic N) is 3. The second kappa shape index (κ2) is 12.6. The number of hydrogen-bond acceptors (Lipinski definition) is 9. The Kier molecular flexibility index (Phi) is 8.55. The largest absolute Gasteiger partial charge is 0.497 e. The lowest BCUT2D eigenvalue weighted by atomic mass is 10.1. The van der Waals surface area contributed by atoms with Crippen LogP contribution in [0.2, 0.25) is 0 Å². The number of rotatable bonds is 12. The molecule has 1 aliphatic heterocycles. The molecule has 0 spiro atoms. The molecule has 2 aromatic carbocycles. The van der Waals surface area contributed by atoms with E-state index < -0.39 is 0 Å². The third-order valence-electron chi connectivity index (χ3n) is 6.27. The summed E-state index contributed by atoms with van der Waals surface area (Å²) in [7, 11) is 3.29. The lowest BCUT2D eigenvalue weighted by Crippen LogP contribution is -2.26. The van der Waals surface area contributed by atoms with Gasteiger partial charge in [-0.3, -0.25) is 14.7 Å². The highest BCUT2D eigenvalue weighted by Gasteiger charge is 2.19. The number of nitrogens with one attached hydrogen (secondary N) is 1. The third-order valence-corrected chi connectivity index (χ3v) is 7.10. The van der Waals surface area contributed by atoms with Gasteiger partial charge in [-0.2, -0.15) is 0 Å². The second-order valence-electron chi connectivity index (χ2n) is 8.96. The molecule has 202 valence electrons. The number of hydrogen-bond donors (Lipinski definition) is 1. The quantitative estimate of drug-likeness (QED) is 0.278. The van der Waals surface area contributed by atoms with Crippen molar-refractivity contribution in [1.29, 1.82) is 0 Å². The first-order chi connectivity index (χ1) is 19.1. The van der Waals surface area contributed by atoms with Crippen molar-refractivity contribution in [3.05, 3.63) is 93.7 Å². The maximum absolute atomic E-state index is 12.7. The van der Waals surface area contributed by atoms with Crippen LogP contribution in [-0.4, -0.2) is 48.3 Å². The van der Waals surface area contributed by atoms with Crippen molar-refractivity contribution in [3.63, 3.8) is 0 Å². The molecule has 0 atom stereocenters. The summed E-state index contributed by atoms with van der Waals surface area (Å²) in [5.74, 6) is 2.79. The molecule has 0 radical (unpaired) electrons. The molecule has 0 bridgehead atoms. The minimum absolute atomic E-state index is 0.187. The Labute approximate surface area is 231 Å². The predicted molar refractivity (Wildman–Crippen MR) is 147 cm³/mol. The summed E-state index contributed by atoms with van der Waals surface area (Å²) in [5, 5.41) is 5.59. The summed E-state index contributed by atoms with van der Waals surface area (Å²) in [6.07, 6.45) is 2.41. The van der Waals surface area contributed by atoms with Crippen molar-refractivity contribution in [1.82, 2.24) is 20.2 Å². The van der Waals surface area contributed by atoms with E-state index in [-0.39, 0.29) is 12.7 Å². The number of benzene rings is 2. The highest BCUT2D eigenvalue weighted by atomic mass is 32.1. The average Bonchev–Trinajstić information content (AvgIpc) is 3.63. The average molecular weight is 547 g/mol. The molecule has 0 unspecified atom stereocenters. The summed E-state index contributed by atoms with van der Waals surface area (Å²) >= 11 is 1.47. The maximum Gasteiger partial charge on any atom is 0.270 e. The third kappa shape index (κ3) is 6.84. The molecule has 9 nitrogen and oxygen atoms in total. The summed E-state index contributed by atoms with van der Waals surface area (Å²) in [6, 6.07) is 17.5. The summed E-state index contributed by atoms with van der Waals surface area (Å²) in [4.78, 5) is 23.9. The smallest absolute Gasteiger partial charge is 0.270 e. The topological polar surface area (TPSA) is 95.0 Å². The van der Waals surface area contributed by atoms with E-state index in [0.29, 0.717) is 38.3 Å². The van der Waals surface area contributed by atoms with Gasteiger partial charge in [-0.25, -0.2) is 4.98 Å². The Morgan fingerprint density at radius 3 is 2.74 bits per heavy atom. The fraction of sp³-hybridized carbons (Fsp3) is 0.276. The fourth-order valence-corrected chi connectivity index (χ4v) is 5.12. The van der Waals surface area contributed by atoms with Crippen LogP contribution in [0.4, 0.5) is 0 Å². The number of fused-ring (bicyclic) bond motifs is 1. The number of pyridine rings is 1. The van der Waals surface area contributed by atoms with Crippen LogP contribution >= 0.6 is 11.3 Å². The van der Waals surface area contributed by atoms with Crippen molar-refractivity contribution in [2.75, 3.05) is 27.6 Å². The Hall–Kier alpha value is -4.15. The van der Waals surface area contributed by atoms with Gasteiger partial charge < -0.3 is 24.3 Å². The van der Waals surface area contributed by atoms with Gasteiger partial charge >= 0.3 is 0 Å². The van der Waals surface area contributed by atoms with Gasteiger partial charge in [0.1, 0.15) is 22.2 Å². The van der Waals surface area contributed by atoms with Crippen LogP contribution in [-0.2, 0) is 26.1 Å². The molecule has 5 rings (SSSR count). The highest BCUT2D eigenvalue weighted by molar-refractivity contribution is 7.09. The van der Waals surface area contributed by atoms with Crippen molar-refractivity contribution in [3.8, 4) is 23.0 Å². The summed E-state index contributed by atoms with van der Waals surface area (Å²) in [5.41, 5.74) is 3.45. The van der Waals surface area contributed by atoms with E-state index >= 15 is 0 Å². The van der Waals surface area contributed by atoms with Crippen LogP contribution in [0, 0.1) is 0 Å². The van der Waals surface area contributed by atoms with E-state index in [1.807, 2.05) is 54.6 Å². The van der Waals surface area contributed by atoms with Crippen LogP contribution in [0.25, 0.3) is 0 Å². The first kappa shape index (κ1) is 26.5. The van der Waals surface area contributed by atoms with Crippen LogP contribution in [0.1, 0.15) is 32.3 Å². The van der Waals surface area contributed by atoms with Gasteiger partial charge in [0.25, 0.3) is 5.91 Å². The van der Waals surface area contributed by atoms with Gasteiger partial charge in [0.05, 0.1) is 20.8 Å². The maximum atomic E-state index is 12.7. The molecule has 0 saturated heterocycles. The van der Waals surface area contributed by atoms with Crippen LogP contribution in [0.3, 0.4) is 0 Å². The Morgan fingerprint density at radius 2 is 1.92 bits per heavy atom. The first-order valence-corrected chi connectivity index (χ1v) is 13.4. The van der Waals surface area contributed by atoms with Gasteiger partial charge in [0, 0.05) is 55.0 Å². The molecule has 4 aromatic rings. The molecule has 10 heteroatoms. The van der Waals surface area contributed by atoms with Crippen LogP contribution in [0.5, 0.6) is 23.0 Å². The lowest BCUT2D eigenvalue weighted by molar-refractivity contribution is 0.0949. The van der Waals surface area contributed by atoms with E-state index in [1.165, 1.54) is 11.3 Å². The molecular weight excluding hydrogens is 516 g/mol. The Morgan fingerprint density at radius 1 is 1.03 bits per heavy atom. The first-order valence-electron chi connectivity index (χ1n) is 12.6. The number of methoxy groups -OCH3 is 2. The molecule has 3 heterocycles. The van der Waals surface area contributed by atoms with E-state index in [1.54, 1.807) is 25.8 Å². The van der Waals surface area contributed by atoms with Crippen molar-refractivity contribution >= 4 is 17.2 Å². The van der Waals surface area contributed by atoms with Gasteiger partial charge in [0.15, 0.2) is 11.5 Å². The number of carbonyl (C=O) groups excluding carboxylic acids is 1. The number of amides is 1. The van der Waals surface area contributed by atoms with Crippen molar-refractivity contribution < 1.29 is 23.7 Å². The van der Waals surface area contributed by atoms with Gasteiger partial charge in [-0.1, -0.05) is 18.2 Å². The minimum Gasteiger partial charge on any atom is -0.497 e. The lowest BCUT2D eigenvalue weighted by Gasteiger charge is -2.23. The Bertz CT molecular complexity index is 1410. The summed E-state index contributed by atoms with van der Waals surface area (Å²) < 4.78 is 22.0. The molecule has 2 aromatic heterocycles. The van der Waals surface area contributed by atoms with Gasteiger partial charge in [0.2, 0.25) is 6.79 Å². The standard InChI is InChI=1S/C29H30N4O5S/c1-35-23-8-7-21(26(14-23)36-2)16-33(15-20-6-9-25-27(13-20)38-19-37-25)17-28-32-24(18-39-28)29(34)31-12-10-22-5-3-4-11-30-22/h3-9,11,13-14,18H,10,12,15-17,19H2,1-2H3,(H,31,34). The number of aromatic nitrogens is 2. The van der Waals surface area contributed by atoms with E-state index in [0.717, 1.165) is 44.8 Å². The van der Waals surface area contributed by atoms with Crippen molar-refractivity contribution in [2.45, 2.75) is 26.1 Å². The number of ether oxygens (including phenoxy) is 4. The molecule has 0 fully saturated rings. The molecular formula is C29H30N4O5S. The predicted octanol–water partition coefficient (Wildman–Crippen LogP) is 4.46. The van der Waals surface area contributed by atoms with E-state index in [9.17, 15) is 4.79 Å². The number of carbonyl (C=O) groups is 1. The fourth-order valence-electron chi connectivity index (χ4n) is 4.31. The second-order valence-corrected chi connectivity index (χ2v) is 9.91. The number of thiazole rings is 1. The Balaban J connectivity index is 1.29. The zero-order valence-electron chi connectivity index (χ0n) is 21.9. The van der Waals surface area contributed by atoms with Gasteiger partial charge in [-0.15, -0.1) is 11.3 Å². The normalized spacial score (nSPS) is 12.0. The molecule has 39 heavy (non-hydrogen) atoms. The minimum atomic E-state index is -0.187. The van der Waals surface area contributed by atoms with E-state index in [2.05, 4.69) is 20.2 Å². The highest BCUT2D eigenvalue weighted by Crippen LogP contribution is 2.33. The van der Waals surface area contributed by atoms with Gasteiger partial charge in [-0.05, 0) is 35.9 Å². The van der Waals surface area contributed by atoms with Crippen LogP contribution < -0.4 is 24.3 Å². The monoisotopic (exact) mass is 546 g/mol. The van der Waals surface area contributed by atoms with E-state index in [4.69, 9.17) is 18.9 Å². The molecule has 1 aliphatic rings. The molecule has 0 saturated carbocycles. The molecule has 1 amide bonds. The molecule has 0 aliphatic carbocycles. The zero-order chi connectivity index (χ0) is 27.0. The molecule has 1 N–H and O–H groups in total.